The van der Waals surface area contributed by atoms with E-state index in [4.69, 9.17) is 39.5 Å². The minimum atomic E-state index is 0.111. The third kappa shape index (κ3) is 3.36. The monoisotopic (exact) mass is 453 g/mol. The summed E-state index contributed by atoms with van der Waals surface area (Å²) >= 11 is 20.6. The van der Waals surface area contributed by atoms with E-state index in [1.807, 2.05) is 24.3 Å². The molecular weight excluding hydrogens is 443 g/mol. The van der Waals surface area contributed by atoms with Crippen LogP contribution in [0.25, 0.3) is 0 Å². The molecule has 1 unspecified atom stereocenters. The molecular formula is C15H11Cl3INO. The fraction of sp³-hybridized carbons (Fsp3) is 0.200. The third-order valence-electron chi connectivity index (χ3n) is 3.33. The Kier molecular flexibility index (Phi) is 4.74. The summed E-state index contributed by atoms with van der Waals surface area (Å²) in [5, 5.41) is 5.41. The van der Waals surface area contributed by atoms with Crippen molar-refractivity contribution in [1.29, 1.82) is 0 Å². The van der Waals surface area contributed by atoms with Crippen molar-refractivity contribution in [2.24, 2.45) is 0 Å². The lowest BCUT2D eigenvalue weighted by Crippen LogP contribution is -2.21. The van der Waals surface area contributed by atoms with Crippen molar-refractivity contribution in [2.75, 3.05) is 11.9 Å². The van der Waals surface area contributed by atoms with E-state index in [1.54, 1.807) is 6.07 Å². The second kappa shape index (κ2) is 6.41. The molecule has 0 radical (unpaired) electrons. The zero-order valence-corrected chi connectivity index (χ0v) is 15.2. The Bertz CT molecular complexity index is 693. The van der Waals surface area contributed by atoms with Crippen LogP contribution in [0.3, 0.4) is 0 Å². The van der Waals surface area contributed by atoms with Gasteiger partial charge in [0.05, 0.1) is 17.7 Å². The molecule has 0 aromatic heterocycles. The molecule has 0 fully saturated rings. The number of hydrogen-bond acceptors (Lipinski definition) is 2. The van der Waals surface area contributed by atoms with Gasteiger partial charge in [-0.05, 0) is 52.9 Å². The molecule has 2 aromatic rings. The van der Waals surface area contributed by atoms with Gasteiger partial charge in [-0.2, -0.15) is 0 Å². The summed E-state index contributed by atoms with van der Waals surface area (Å²) in [5.41, 5.74) is 2.03. The summed E-state index contributed by atoms with van der Waals surface area (Å²) < 4.78 is 6.74. The highest BCUT2D eigenvalue weighted by Crippen LogP contribution is 2.41. The second-order valence-electron chi connectivity index (χ2n) is 4.76. The molecule has 0 amide bonds. The number of hydrogen-bond donors (Lipinski definition) is 1. The normalized spacial score (nSPS) is 17.0. The van der Waals surface area contributed by atoms with Gasteiger partial charge in [-0.25, -0.2) is 0 Å². The number of benzene rings is 2. The summed E-state index contributed by atoms with van der Waals surface area (Å²) in [6.45, 7) is 0.621. The van der Waals surface area contributed by atoms with Crippen molar-refractivity contribution in [3.05, 3.63) is 54.5 Å². The molecule has 1 aliphatic rings. The quantitative estimate of drug-likeness (QED) is 0.547. The van der Waals surface area contributed by atoms with Gasteiger partial charge in [0.25, 0.3) is 0 Å². The third-order valence-corrected chi connectivity index (χ3v) is 4.95. The number of nitrogens with one attached hydrogen (secondary N) is 1. The van der Waals surface area contributed by atoms with Gasteiger partial charge >= 0.3 is 0 Å². The van der Waals surface area contributed by atoms with Gasteiger partial charge in [0.1, 0.15) is 5.75 Å². The van der Waals surface area contributed by atoms with Crippen LogP contribution in [0.5, 0.6) is 5.75 Å². The molecule has 0 spiro atoms. The molecule has 0 bridgehead atoms. The van der Waals surface area contributed by atoms with E-state index in [0.717, 1.165) is 26.3 Å². The highest BCUT2D eigenvalue weighted by molar-refractivity contribution is 14.1. The van der Waals surface area contributed by atoms with Crippen molar-refractivity contribution in [2.45, 2.75) is 12.5 Å². The molecule has 1 atom stereocenters. The van der Waals surface area contributed by atoms with Crippen molar-refractivity contribution in [1.82, 2.24) is 0 Å². The summed E-state index contributed by atoms with van der Waals surface area (Å²) in [5.74, 6) is 0.716. The summed E-state index contributed by atoms with van der Waals surface area (Å²) in [7, 11) is 0. The van der Waals surface area contributed by atoms with Crippen LogP contribution >= 0.6 is 57.4 Å². The Morgan fingerprint density at radius 2 is 1.90 bits per heavy atom. The molecule has 2 aromatic carbocycles. The van der Waals surface area contributed by atoms with Gasteiger partial charge in [-0.3, -0.25) is 0 Å². The van der Waals surface area contributed by atoms with Crippen molar-refractivity contribution in [3.63, 3.8) is 0 Å². The number of ether oxygens (including phenoxy) is 1. The fourth-order valence-corrected chi connectivity index (χ4v) is 3.96. The molecule has 1 N–H and O–H groups in total. The van der Waals surface area contributed by atoms with E-state index in [0.29, 0.717) is 22.4 Å². The Morgan fingerprint density at radius 1 is 1.10 bits per heavy atom. The van der Waals surface area contributed by atoms with Gasteiger partial charge in [0.15, 0.2) is 0 Å². The first kappa shape index (κ1) is 15.5. The molecule has 21 heavy (non-hydrogen) atoms. The van der Waals surface area contributed by atoms with E-state index in [1.165, 1.54) is 0 Å². The molecule has 1 heterocycles. The number of fused-ring (bicyclic) bond motifs is 1. The maximum Gasteiger partial charge on any atom is 0.143 e. The van der Waals surface area contributed by atoms with Crippen LogP contribution in [0.2, 0.25) is 15.1 Å². The SMILES string of the molecule is Clc1ccc(NC2CCOc3c(Cl)cc(Cl)cc32)c(I)c1. The Labute approximate surface area is 151 Å². The molecule has 1 aliphatic heterocycles. The predicted octanol–water partition coefficient (Wildman–Crippen LogP) is 6.19. The number of halogens is 4. The molecule has 110 valence electrons. The van der Waals surface area contributed by atoms with Gasteiger partial charge in [-0.15, -0.1) is 0 Å². The van der Waals surface area contributed by atoms with Crippen LogP contribution in [-0.2, 0) is 0 Å². The average Bonchev–Trinajstić information content (AvgIpc) is 2.42. The van der Waals surface area contributed by atoms with E-state index in [9.17, 15) is 0 Å². The van der Waals surface area contributed by atoms with Gasteiger partial charge in [-0.1, -0.05) is 34.8 Å². The molecule has 2 nitrogen and oxygen atoms in total. The van der Waals surface area contributed by atoms with E-state index in [2.05, 4.69) is 27.9 Å². The maximum atomic E-state index is 6.21. The molecule has 6 heteroatoms. The van der Waals surface area contributed by atoms with Crippen molar-refractivity contribution >= 4 is 63.1 Å². The fourth-order valence-electron chi connectivity index (χ4n) is 2.37. The Hall–Kier alpha value is -0.360. The molecule has 3 rings (SSSR count). The van der Waals surface area contributed by atoms with Crippen molar-refractivity contribution < 1.29 is 4.74 Å². The van der Waals surface area contributed by atoms with E-state index >= 15 is 0 Å². The number of anilines is 1. The maximum absolute atomic E-state index is 6.21. The van der Waals surface area contributed by atoms with Crippen LogP contribution in [0.15, 0.2) is 30.3 Å². The summed E-state index contributed by atoms with van der Waals surface area (Å²) in [6, 6.07) is 9.50. The predicted molar refractivity (Wildman–Crippen MR) is 97.1 cm³/mol. The smallest absolute Gasteiger partial charge is 0.143 e. The van der Waals surface area contributed by atoms with Gasteiger partial charge in [0.2, 0.25) is 0 Å². The number of rotatable bonds is 2. The Morgan fingerprint density at radius 3 is 2.67 bits per heavy atom. The summed E-state index contributed by atoms with van der Waals surface area (Å²) in [6.07, 6.45) is 0.850. The molecule has 0 saturated heterocycles. The van der Waals surface area contributed by atoms with Gasteiger partial charge < -0.3 is 10.1 Å². The lowest BCUT2D eigenvalue weighted by Gasteiger charge is -2.28. The zero-order chi connectivity index (χ0) is 15.0. The summed E-state index contributed by atoms with van der Waals surface area (Å²) in [4.78, 5) is 0. The lowest BCUT2D eigenvalue weighted by molar-refractivity contribution is 0.274. The van der Waals surface area contributed by atoms with E-state index in [-0.39, 0.29) is 6.04 Å². The highest BCUT2D eigenvalue weighted by atomic mass is 127. The minimum absolute atomic E-state index is 0.111. The topological polar surface area (TPSA) is 21.3 Å². The van der Waals surface area contributed by atoms with Crippen LogP contribution in [0.1, 0.15) is 18.0 Å². The highest BCUT2D eigenvalue weighted by Gasteiger charge is 2.24. The molecule has 0 saturated carbocycles. The van der Waals surface area contributed by atoms with Crippen LogP contribution < -0.4 is 10.1 Å². The van der Waals surface area contributed by atoms with Gasteiger partial charge in [0, 0.05) is 31.3 Å². The minimum Gasteiger partial charge on any atom is -0.492 e. The van der Waals surface area contributed by atoms with Crippen LogP contribution in [-0.4, -0.2) is 6.61 Å². The molecule has 0 aliphatic carbocycles. The largest absolute Gasteiger partial charge is 0.492 e. The average molecular weight is 455 g/mol. The van der Waals surface area contributed by atoms with Crippen LogP contribution in [0.4, 0.5) is 5.69 Å². The lowest BCUT2D eigenvalue weighted by atomic mass is 10.00. The zero-order valence-electron chi connectivity index (χ0n) is 10.8. The first-order valence-corrected chi connectivity index (χ1v) is 8.59. The second-order valence-corrected chi connectivity index (χ2v) is 7.21. The van der Waals surface area contributed by atoms with Crippen molar-refractivity contribution in [3.8, 4) is 5.75 Å². The van der Waals surface area contributed by atoms with Crippen LogP contribution in [0, 0.1) is 3.57 Å². The van der Waals surface area contributed by atoms with E-state index < -0.39 is 0 Å². The Balaban J connectivity index is 1.95. The standard InChI is InChI=1S/C15H11Cl3INO/c16-8-1-2-14(12(19)7-8)20-13-3-4-21-15-10(13)5-9(17)6-11(15)18/h1-2,5-7,13,20H,3-4H2. The first-order valence-electron chi connectivity index (χ1n) is 6.38. The first-order chi connectivity index (χ1) is 10.0.